The minimum absolute atomic E-state index is 0.241. The molecule has 1 saturated heterocycles. The van der Waals surface area contributed by atoms with E-state index in [1.54, 1.807) is 11.3 Å². The molecule has 0 radical (unpaired) electrons. The summed E-state index contributed by atoms with van der Waals surface area (Å²) in [5, 5.41) is 7.85. The Labute approximate surface area is 144 Å². The van der Waals surface area contributed by atoms with Crippen molar-refractivity contribution in [1.29, 1.82) is 0 Å². The molecule has 0 atom stereocenters. The molecule has 1 aliphatic heterocycles. The molecule has 0 aliphatic carbocycles. The van der Waals surface area contributed by atoms with Crippen LogP contribution >= 0.6 is 11.3 Å². The quantitative estimate of drug-likeness (QED) is 0.758. The lowest BCUT2D eigenvalue weighted by molar-refractivity contribution is 0.0998. The maximum Gasteiger partial charge on any atom is 0.293 e. The molecule has 0 saturated carbocycles. The van der Waals surface area contributed by atoms with E-state index in [0.717, 1.165) is 42.5 Å². The van der Waals surface area contributed by atoms with Gasteiger partial charge in [0, 0.05) is 22.0 Å². The van der Waals surface area contributed by atoms with Crippen LogP contribution in [0.25, 0.3) is 11.0 Å². The Balaban J connectivity index is 1.53. The number of nitrogens with one attached hydrogen (secondary N) is 2. The van der Waals surface area contributed by atoms with E-state index in [1.807, 2.05) is 37.4 Å². The number of para-hydroxylation sites is 1. The number of carbonyl (C=O) groups is 1. The topological polar surface area (TPSA) is 67.2 Å². The third kappa shape index (κ3) is 2.83. The highest BCUT2D eigenvalue weighted by molar-refractivity contribution is 7.15. The second kappa shape index (κ2) is 6.37. The molecule has 3 heterocycles. The molecule has 0 unspecified atom stereocenters. The van der Waals surface area contributed by atoms with Crippen molar-refractivity contribution in [2.75, 3.05) is 18.4 Å². The summed E-state index contributed by atoms with van der Waals surface area (Å²) >= 11 is 1.56. The minimum atomic E-state index is -0.241. The van der Waals surface area contributed by atoms with Crippen LogP contribution in [-0.4, -0.2) is 24.0 Å². The summed E-state index contributed by atoms with van der Waals surface area (Å²) in [6, 6.07) is 7.68. The molecule has 5 nitrogen and oxygen atoms in total. The molecule has 1 aliphatic rings. The zero-order valence-corrected chi connectivity index (χ0v) is 14.3. The van der Waals surface area contributed by atoms with Gasteiger partial charge in [0.25, 0.3) is 5.91 Å². The Hall–Kier alpha value is -2.18. The van der Waals surface area contributed by atoms with E-state index in [2.05, 4.69) is 15.6 Å². The normalized spacial score (nSPS) is 15.7. The fraction of sp³-hybridized carbons (Fsp3) is 0.333. The highest BCUT2D eigenvalue weighted by Crippen LogP contribution is 2.32. The maximum absolute atomic E-state index is 12.5. The van der Waals surface area contributed by atoms with E-state index < -0.39 is 0 Å². The third-order valence-electron chi connectivity index (χ3n) is 4.54. The zero-order chi connectivity index (χ0) is 16.5. The first-order valence-electron chi connectivity index (χ1n) is 8.18. The number of carbonyl (C=O) groups excluding carboxylic acids is 1. The molecule has 0 bridgehead atoms. The molecule has 6 heteroatoms. The number of piperidine rings is 1. The Kier molecular flexibility index (Phi) is 4.08. The molecule has 24 heavy (non-hydrogen) atoms. The Morgan fingerprint density at radius 2 is 2.12 bits per heavy atom. The smallest absolute Gasteiger partial charge is 0.293 e. The number of benzene rings is 1. The van der Waals surface area contributed by atoms with Crippen molar-refractivity contribution in [2.45, 2.75) is 25.7 Å². The van der Waals surface area contributed by atoms with Crippen molar-refractivity contribution in [2.24, 2.45) is 0 Å². The Morgan fingerprint density at radius 1 is 1.33 bits per heavy atom. The molecular formula is C18H19N3O2S. The van der Waals surface area contributed by atoms with E-state index in [0.29, 0.717) is 16.8 Å². The lowest BCUT2D eigenvalue weighted by atomic mass is 9.97. The van der Waals surface area contributed by atoms with E-state index in [-0.39, 0.29) is 5.91 Å². The highest BCUT2D eigenvalue weighted by Gasteiger charge is 2.21. The summed E-state index contributed by atoms with van der Waals surface area (Å²) in [5.74, 6) is 0.659. The lowest BCUT2D eigenvalue weighted by Crippen LogP contribution is -2.26. The first-order chi connectivity index (χ1) is 11.7. The molecule has 1 amide bonds. The number of thiazole rings is 1. The van der Waals surface area contributed by atoms with Gasteiger partial charge >= 0.3 is 0 Å². The average molecular weight is 341 g/mol. The Bertz CT molecular complexity index is 877. The van der Waals surface area contributed by atoms with Gasteiger partial charge in [0.1, 0.15) is 5.58 Å². The molecule has 1 aromatic carbocycles. The molecule has 2 N–H and O–H groups in total. The third-order valence-corrected chi connectivity index (χ3v) is 5.61. The first-order valence-corrected chi connectivity index (χ1v) is 9.00. The summed E-state index contributed by atoms with van der Waals surface area (Å²) in [6.45, 7) is 3.99. The van der Waals surface area contributed by atoms with Crippen molar-refractivity contribution < 1.29 is 9.21 Å². The van der Waals surface area contributed by atoms with Crippen LogP contribution in [0.4, 0.5) is 5.13 Å². The van der Waals surface area contributed by atoms with Crippen LogP contribution in [0.3, 0.4) is 0 Å². The number of hydrogen-bond donors (Lipinski definition) is 2. The number of anilines is 1. The molecule has 2 aromatic heterocycles. The Morgan fingerprint density at radius 3 is 2.92 bits per heavy atom. The van der Waals surface area contributed by atoms with Gasteiger partial charge in [-0.15, -0.1) is 11.3 Å². The van der Waals surface area contributed by atoms with Gasteiger partial charge in [-0.25, -0.2) is 4.98 Å². The largest absolute Gasteiger partial charge is 0.451 e. The van der Waals surface area contributed by atoms with Crippen LogP contribution in [0.15, 0.2) is 34.9 Å². The van der Waals surface area contributed by atoms with Gasteiger partial charge in [-0.1, -0.05) is 18.2 Å². The zero-order valence-electron chi connectivity index (χ0n) is 13.5. The number of fused-ring (bicyclic) bond motifs is 1. The second-order valence-electron chi connectivity index (χ2n) is 6.10. The summed E-state index contributed by atoms with van der Waals surface area (Å²) < 4.78 is 5.71. The molecular weight excluding hydrogens is 322 g/mol. The van der Waals surface area contributed by atoms with Gasteiger partial charge in [-0.3, -0.25) is 10.1 Å². The fourth-order valence-corrected chi connectivity index (χ4v) is 4.16. The number of amides is 1. The van der Waals surface area contributed by atoms with Crippen LogP contribution in [0, 0.1) is 6.92 Å². The maximum atomic E-state index is 12.5. The molecule has 3 aromatic rings. The van der Waals surface area contributed by atoms with Gasteiger partial charge in [0.15, 0.2) is 10.9 Å². The SMILES string of the molecule is Cc1c(C(=O)Nc2ncc(C3CCNCC3)s2)oc2ccccc12. The van der Waals surface area contributed by atoms with Gasteiger partial charge < -0.3 is 9.73 Å². The average Bonchev–Trinajstić information content (AvgIpc) is 3.21. The predicted octanol–water partition coefficient (Wildman–Crippen LogP) is 3.92. The second-order valence-corrected chi connectivity index (χ2v) is 7.16. The van der Waals surface area contributed by atoms with Crippen LogP contribution < -0.4 is 10.6 Å². The van der Waals surface area contributed by atoms with Gasteiger partial charge in [-0.2, -0.15) is 0 Å². The van der Waals surface area contributed by atoms with Crippen molar-refractivity contribution in [3.05, 3.63) is 46.7 Å². The molecule has 4 rings (SSSR count). The lowest BCUT2D eigenvalue weighted by Gasteiger charge is -2.20. The van der Waals surface area contributed by atoms with Gasteiger partial charge in [0.05, 0.1) is 0 Å². The fourth-order valence-electron chi connectivity index (χ4n) is 3.18. The van der Waals surface area contributed by atoms with Crippen LogP contribution in [0.5, 0.6) is 0 Å². The number of nitrogens with zero attached hydrogens (tertiary/aromatic N) is 1. The van der Waals surface area contributed by atoms with Gasteiger partial charge in [-0.05, 0) is 44.8 Å². The van der Waals surface area contributed by atoms with Crippen LogP contribution in [0.2, 0.25) is 0 Å². The van der Waals surface area contributed by atoms with Gasteiger partial charge in [0.2, 0.25) is 0 Å². The summed E-state index contributed by atoms with van der Waals surface area (Å²) in [4.78, 5) is 18.2. The standard InChI is InChI=1S/C18H19N3O2S/c1-11-13-4-2-3-5-14(13)23-16(11)17(22)21-18-20-10-15(24-18)12-6-8-19-9-7-12/h2-5,10,12,19H,6-9H2,1H3,(H,20,21,22). The van der Waals surface area contributed by atoms with E-state index in [9.17, 15) is 4.79 Å². The van der Waals surface area contributed by atoms with Crippen LogP contribution in [0.1, 0.15) is 39.8 Å². The summed E-state index contributed by atoms with van der Waals surface area (Å²) in [6.07, 6.45) is 4.14. The van der Waals surface area contributed by atoms with Crippen molar-refractivity contribution in [1.82, 2.24) is 10.3 Å². The highest BCUT2D eigenvalue weighted by atomic mass is 32.1. The molecule has 0 spiro atoms. The number of aromatic nitrogens is 1. The van der Waals surface area contributed by atoms with Crippen molar-refractivity contribution in [3.8, 4) is 0 Å². The van der Waals surface area contributed by atoms with E-state index in [1.165, 1.54) is 4.88 Å². The minimum Gasteiger partial charge on any atom is -0.451 e. The summed E-state index contributed by atoms with van der Waals surface area (Å²) in [7, 11) is 0. The number of rotatable bonds is 3. The number of furan rings is 1. The number of hydrogen-bond acceptors (Lipinski definition) is 5. The van der Waals surface area contributed by atoms with E-state index in [4.69, 9.17) is 4.42 Å². The van der Waals surface area contributed by atoms with Crippen molar-refractivity contribution in [3.63, 3.8) is 0 Å². The van der Waals surface area contributed by atoms with Crippen molar-refractivity contribution >= 4 is 33.3 Å². The number of aryl methyl sites for hydroxylation is 1. The summed E-state index contributed by atoms with van der Waals surface area (Å²) in [5.41, 5.74) is 1.59. The molecule has 1 fully saturated rings. The van der Waals surface area contributed by atoms with E-state index >= 15 is 0 Å². The first kappa shape index (κ1) is 15.4. The van der Waals surface area contributed by atoms with Crippen LogP contribution in [-0.2, 0) is 0 Å². The molecule has 124 valence electrons. The predicted molar refractivity (Wildman–Crippen MR) is 95.9 cm³/mol. The monoisotopic (exact) mass is 341 g/mol.